The van der Waals surface area contributed by atoms with Gasteiger partial charge in [-0.15, -0.1) is 0 Å². The average Bonchev–Trinajstić information content (AvgIpc) is 2.54. The molecule has 0 atom stereocenters. The molecule has 1 aliphatic rings. The van der Waals surface area contributed by atoms with Gasteiger partial charge < -0.3 is 15.0 Å². The van der Waals surface area contributed by atoms with Crippen LogP contribution >= 0.6 is 28.1 Å². The molecule has 1 saturated heterocycles. The summed E-state index contributed by atoms with van der Waals surface area (Å²) < 4.78 is 6.35. The predicted octanol–water partition coefficient (Wildman–Crippen LogP) is 0.552. The first-order valence-electron chi connectivity index (χ1n) is 7.48. The molecule has 120 valence electrons. The van der Waals surface area contributed by atoms with E-state index in [1.54, 1.807) is 11.1 Å². The molecule has 3 N–H and O–H groups in total. The molecule has 0 aromatic heterocycles. The Hall–Kier alpha value is -1.02. The third-order valence-electron chi connectivity index (χ3n) is 3.47. The van der Waals surface area contributed by atoms with Gasteiger partial charge in [-0.1, -0.05) is 34.1 Å². The number of thiocarbonyl (C=S) groups is 1. The fourth-order valence-corrected chi connectivity index (χ4v) is 2.77. The monoisotopic (exact) mass is 385 g/mol. The largest absolute Gasteiger partial charge is 0.370 e. The molecule has 0 spiro atoms. The lowest BCUT2D eigenvalue weighted by molar-refractivity contribution is -0.908. The Morgan fingerprint density at radius 1 is 1.36 bits per heavy atom. The van der Waals surface area contributed by atoms with Crippen molar-refractivity contribution in [3.8, 4) is 0 Å². The van der Waals surface area contributed by atoms with Crippen LogP contribution in [-0.4, -0.2) is 50.7 Å². The van der Waals surface area contributed by atoms with E-state index in [1.165, 1.54) is 0 Å². The summed E-state index contributed by atoms with van der Waals surface area (Å²) in [7, 11) is 0. The Bertz CT molecular complexity index is 506. The number of nitrogens with zero attached hydrogens (tertiary/aromatic N) is 1. The Kier molecular flexibility index (Phi) is 7.79. The van der Waals surface area contributed by atoms with Crippen molar-refractivity contribution in [3.05, 3.63) is 34.3 Å². The van der Waals surface area contributed by atoms with Crippen LogP contribution in [0.25, 0.3) is 0 Å². The third-order valence-corrected chi connectivity index (χ3v) is 4.43. The highest BCUT2D eigenvalue weighted by Crippen LogP contribution is 2.13. The van der Waals surface area contributed by atoms with E-state index in [1.807, 2.05) is 24.3 Å². The van der Waals surface area contributed by atoms with Crippen LogP contribution in [0.4, 0.5) is 0 Å². The molecule has 1 aliphatic heterocycles. The highest BCUT2D eigenvalue weighted by atomic mass is 79.9. The summed E-state index contributed by atoms with van der Waals surface area (Å²) in [5.74, 6) is 0. The van der Waals surface area contributed by atoms with Gasteiger partial charge in [0.2, 0.25) is 0 Å². The van der Waals surface area contributed by atoms with E-state index in [0.29, 0.717) is 5.11 Å². The van der Waals surface area contributed by atoms with E-state index < -0.39 is 0 Å². The number of quaternary nitrogens is 1. The van der Waals surface area contributed by atoms with Crippen LogP contribution in [0.2, 0.25) is 0 Å². The van der Waals surface area contributed by atoms with Crippen molar-refractivity contribution in [1.82, 2.24) is 10.7 Å². The zero-order chi connectivity index (χ0) is 15.6. The molecule has 22 heavy (non-hydrogen) atoms. The van der Waals surface area contributed by atoms with Crippen LogP contribution < -0.4 is 15.6 Å². The van der Waals surface area contributed by atoms with E-state index in [4.69, 9.17) is 17.0 Å². The van der Waals surface area contributed by atoms with Crippen LogP contribution in [0.3, 0.4) is 0 Å². The molecule has 0 saturated carbocycles. The van der Waals surface area contributed by atoms with Gasteiger partial charge in [0.05, 0.1) is 26.0 Å². The SMILES string of the molecule is S=C(NCCC[NH+]1CCOCC1)N/N=C\c1ccccc1Br. The maximum absolute atomic E-state index is 5.35. The van der Waals surface area contributed by atoms with Gasteiger partial charge in [0.15, 0.2) is 5.11 Å². The number of ether oxygens (including phenoxy) is 1. The summed E-state index contributed by atoms with van der Waals surface area (Å²) in [4.78, 5) is 1.61. The van der Waals surface area contributed by atoms with Gasteiger partial charge in [-0.05, 0) is 18.3 Å². The molecule has 0 bridgehead atoms. The maximum Gasteiger partial charge on any atom is 0.186 e. The van der Waals surface area contributed by atoms with E-state index in [9.17, 15) is 0 Å². The summed E-state index contributed by atoms with van der Waals surface area (Å²) in [6.07, 6.45) is 2.83. The van der Waals surface area contributed by atoms with E-state index in [-0.39, 0.29) is 0 Å². The minimum absolute atomic E-state index is 0.556. The molecule has 5 nitrogen and oxygen atoms in total. The molecule has 0 aliphatic carbocycles. The van der Waals surface area contributed by atoms with Crippen LogP contribution in [0, 0.1) is 0 Å². The lowest BCUT2D eigenvalue weighted by atomic mass is 10.2. The van der Waals surface area contributed by atoms with Gasteiger partial charge in [0, 0.05) is 23.0 Å². The molecule has 1 heterocycles. The second-order valence-electron chi connectivity index (χ2n) is 5.11. The number of morpholine rings is 1. The first-order valence-corrected chi connectivity index (χ1v) is 8.68. The molecule has 7 heteroatoms. The number of hydrogen-bond acceptors (Lipinski definition) is 3. The van der Waals surface area contributed by atoms with Gasteiger partial charge in [0.1, 0.15) is 13.1 Å². The number of nitrogens with one attached hydrogen (secondary N) is 3. The molecule has 1 aromatic rings. The minimum atomic E-state index is 0.556. The predicted molar refractivity (Wildman–Crippen MR) is 96.5 cm³/mol. The van der Waals surface area contributed by atoms with Gasteiger partial charge in [-0.3, -0.25) is 5.43 Å². The molecule has 0 unspecified atom stereocenters. The third kappa shape index (κ3) is 6.39. The standard InChI is InChI=1S/C15H21BrN4OS/c16-14-5-2-1-4-13(14)12-18-19-15(22)17-6-3-7-20-8-10-21-11-9-20/h1-2,4-5,12H,3,6-11H2,(H2,17,19,22)/p+1/b18-12-. The lowest BCUT2D eigenvalue weighted by Gasteiger charge is -2.23. The number of rotatable bonds is 6. The van der Waals surface area contributed by atoms with Gasteiger partial charge in [-0.2, -0.15) is 5.10 Å². The van der Waals surface area contributed by atoms with Gasteiger partial charge in [-0.25, -0.2) is 0 Å². The van der Waals surface area contributed by atoms with Crippen molar-refractivity contribution in [2.24, 2.45) is 5.10 Å². The van der Waals surface area contributed by atoms with Crippen molar-refractivity contribution < 1.29 is 9.64 Å². The Morgan fingerprint density at radius 3 is 2.91 bits per heavy atom. The quantitative estimate of drug-likeness (QED) is 0.289. The van der Waals surface area contributed by atoms with E-state index in [0.717, 1.165) is 55.8 Å². The second kappa shape index (κ2) is 9.89. The summed E-state index contributed by atoms with van der Waals surface area (Å²) in [6.45, 7) is 6.00. The molecule has 0 radical (unpaired) electrons. The number of benzene rings is 1. The molecule has 1 fully saturated rings. The molecular weight excluding hydrogens is 364 g/mol. The topological polar surface area (TPSA) is 50.1 Å². The van der Waals surface area contributed by atoms with Crippen molar-refractivity contribution >= 4 is 39.5 Å². The summed E-state index contributed by atoms with van der Waals surface area (Å²) in [6, 6.07) is 7.90. The fourth-order valence-electron chi connectivity index (χ4n) is 2.23. The molecule has 2 rings (SSSR count). The average molecular weight is 386 g/mol. The van der Waals surface area contributed by atoms with Crippen molar-refractivity contribution in [1.29, 1.82) is 0 Å². The van der Waals surface area contributed by atoms with Crippen molar-refractivity contribution in [2.75, 3.05) is 39.4 Å². The Balaban J connectivity index is 1.58. The number of halogens is 1. The van der Waals surface area contributed by atoms with E-state index >= 15 is 0 Å². The summed E-state index contributed by atoms with van der Waals surface area (Å²) in [5, 5.41) is 7.87. The van der Waals surface area contributed by atoms with Crippen LogP contribution in [0.5, 0.6) is 0 Å². The van der Waals surface area contributed by atoms with Crippen molar-refractivity contribution in [2.45, 2.75) is 6.42 Å². The number of hydrogen-bond donors (Lipinski definition) is 3. The maximum atomic E-state index is 5.35. The summed E-state index contributed by atoms with van der Waals surface area (Å²) in [5.41, 5.74) is 3.85. The first-order chi connectivity index (χ1) is 10.8. The van der Waals surface area contributed by atoms with Gasteiger partial charge in [0.25, 0.3) is 0 Å². The second-order valence-corrected chi connectivity index (χ2v) is 6.38. The van der Waals surface area contributed by atoms with Crippen molar-refractivity contribution in [3.63, 3.8) is 0 Å². The van der Waals surface area contributed by atoms with Gasteiger partial charge >= 0.3 is 0 Å². The molecule has 1 aromatic carbocycles. The zero-order valence-corrected chi connectivity index (χ0v) is 14.9. The summed E-state index contributed by atoms with van der Waals surface area (Å²) >= 11 is 8.67. The number of hydrazone groups is 1. The highest BCUT2D eigenvalue weighted by molar-refractivity contribution is 9.10. The van der Waals surface area contributed by atoms with Crippen LogP contribution in [0.15, 0.2) is 33.8 Å². The molecule has 0 amide bonds. The Morgan fingerprint density at radius 2 is 2.14 bits per heavy atom. The Labute approximate surface area is 145 Å². The van der Waals surface area contributed by atoms with E-state index in [2.05, 4.69) is 31.8 Å². The zero-order valence-electron chi connectivity index (χ0n) is 12.5. The smallest absolute Gasteiger partial charge is 0.186 e. The fraction of sp³-hybridized carbons (Fsp3) is 0.467. The first kappa shape index (κ1) is 17.3. The highest BCUT2D eigenvalue weighted by Gasteiger charge is 2.12. The normalized spacial score (nSPS) is 15.9. The molecular formula is C15H22BrN4OS+. The minimum Gasteiger partial charge on any atom is -0.370 e. The lowest BCUT2D eigenvalue weighted by Crippen LogP contribution is -3.14. The van der Waals surface area contributed by atoms with Crippen LogP contribution in [-0.2, 0) is 4.74 Å². The van der Waals surface area contributed by atoms with Crippen LogP contribution in [0.1, 0.15) is 12.0 Å².